The van der Waals surface area contributed by atoms with Crippen LogP contribution in [0.25, 0.3) is 0 Å². The van der Waals surface area contributed by atoms with Crippen molar-refractivity contribution < 1.29 is 23.8 Å². The molecular weight excluding hydrogens is 316 g/mol. The number of rotatable bonds is 2. The summed E-state index contributed by atoms with van der Waals surface area (Å²) < 4.78 is 17.1. The lowest BCUT2D eigenvalue weighted by Crippen LogP contribution is -2.65. The van der Waals surface area contributed by atoms with Crippen LogP contribution >= 0.6 is 15.9 Å². The zero-order valence-electron chi connectivity index (χ0n) is 10.9. The predicted octanol–water partition coefficient (Wildman–Crippen LogP) is 1.40. The molecule has 0 N–H and O–H groups in total. The van der Waals surface area contributed by atoms with Gasteiger partial charge in [-0.1, -0.05) is 21.5 Å². The summed E-state index contributed by atoms with van der Waals surface area (Å²) in [5.41, 5.74) is 0.958. The van der Waals surface area contributed by atoms with Crippen LogP contribution in [0.4, 0.5) is 0 Å². The molecule has 2 bridgehead atoms. The Kier molecular flexibility index (Phi) is 2.89. The van der Waals surface area contributed by atoms with E-state index in [0.29, 0.717) is 6.42 Å². The van der Waals surface area contributed by atoms with Crippen molar-refractivity contribution in [3.05, 3.63) is 10.1 Å². The van der Waals surface area contributed by atoms with Gasteiger partial charge in [0, 0.05) is 24.6 Å². The highest BCUT2D eigenvalue weighted by atomic mass is 79.9. The van der Waals surface area contributed by atoms with E-state index >= 15 is 0 Å². The third-order valence-corrected chi connectivity index (χ3v) is 5.73. The highest BCUT2D eigenvalue weighted by Gasteiger charge is 2.68. The summed E-state index contributed by atoms with van der Waals surface area (Å²) in [6.45, 7) is 1.91. The van der Waals surface area contributed by atoms with Crippen molar-refractivity contribution in [2.75, 3.05) is 14.2 Å². The van der Waals surface area contributed by atoms with E-state index in [-0.39, 0.29) is 29.7 Å². The Morgan fingerprint density at radius 2 is 1.95 bits per heavy atom. The van der Waals surface area contributed by atoms with Crippen molar-refractivity contribution >= 4 is 27.7 Å². The number of methoxy groups -OCH3 is 2. The van der Waals surface area contributed by atoms with Crippen molar-refractivity contribution in [1.29, 1.82) is 0 Å². The smallest absolute Gasteiger partial charge is 0.306 e. The average molecular weight is 331 g/mol. The van der Waals surface area contributed by atoms with Gasteiger partial charge in [-0.3, -0.25) is 9.59 Å². The molecule has 0 amide bonds. The molecule has 4 rings (SSSR count). The minimum Gasteiger partial charge on any atom is -0.461 e. The number of esters is 1. The van der Waals surface area contributed by atoms with E-state index in [1.54, 1.807) is 0 Å². The van der Waals surface area contributed by atoms with Gasteiger partial charge in [0.05, 0.1) is 18.3 Å². The third-order valence-electron chi connectivity index (χ3n) is 4.61. The number of fused-ring (bicyclic) bond motifs is 1. The quantitative estimate of drug-likeness (QED) is 0.565. The highest BCUT2D eigenvalue weighted by Crippen LogP contribution is 2.57. The molecule has 6 heteroatoms. The molecule has 5 nitrogen and oxygen atoms in total. The summed E-state index contributed by atoms with van der Waals surface area (Å²) in [5, 5.41) is 0. The summed E-state index contributed by atoms with van der Waals surface area (Å²) in [5.74, 6) is -2.61. The second kappa shape index (κ2) is 4.14. The Morgan fingerprint density at radius 3 is 2.53 bits per heavy atom. The molecule has 0 radical (unpaired) electrons. The first-order valence-electron chi connectivity index (χ1n) is 6.18. The van der Waals surface area contributed by atoms with Crippen molar-refractivity contribution in [3.63, 3.8) is 0 Å². The Balaban J connectivity index is 2.18. The van der Waals surface area contributed by atoms with E-state index in [0.717, 1.165) is 10.1 Å². The molecule has 1 saturated carbocycles. The molecule has 1 heterocycles. The van der Waals surface area contributed by atoms with Gasteiger partial charge in [0.25, 0.3) is 0 Å². The highest BCUT2D eigenvalue weighted by molar-refractivity contribution is 9.11. The normalized spacial score (nSPS) is 39.6. The van der Waals surface area contributed by atoms with Gasteiger partial charge in [-0.25, -0.2) is 0 Å². The third kappa shape index (κ3) is 1.42. The van der Waals surface area contributed by atoms with E-state index < -0.39 is 11.7 Å². The topological polar surface area (TPSA) is 61.8 Å². The number of ether oxygens (including phenoxy) is 3. The lowest BCUT2D eigenvalue weighted by atomic mass is 9.60. The van der Waals surface area contributed by atoms with Crippen LogP contribution in [0.1, 0.15) is 13.3 Å². The van der Waals surface area contributed by atoms with Crippen LogP contribution in [-0.2, 0) is 23.8 Å². The predicted molar refractivity (Wildman–Crippen MR) is 68.4 cm³/mol. The van der Waals surface area contributed by atoms with E-state index in [9.17, 15) is 9.59 Å². The summed E-state index contributed by atoms with van der Waals surface area (Å²) >= 11 is 3.53. The molecule has 104 valence electrons. The van der Waals surface area contributed by atoms with Crippen LogP contribution < -0.4 is 0 Å². The number of ketones is 1. The summed E-state index contributed by atoms with van der Waals surface area (Å²) in [7, 11) is 2.90. The molecule has 4 unspecified atom stereocenters. The van der Waals surface area contributed by atoms with Gasteiger partial charge in [0.1, 0.15) is 6.10 Å². The fourth-order valence-corrected chi connectivity index (χ4v) is 4.57. The molecular formula is C13H15BrO5. The maximum Gasteiger partial charge on any atom is 0.306 e. The standard InChI is InChI=1S/C13H15BrO5/c1-5-8-6-4-7(15)19-11(6)9(10(5)14)13(17-2,18-3)12(8)16/h6,8-9,11H,4H2,1-3H3. The second-order valence-electron chi connectivity index (χ2n) is 5.25. The monoisotopic (exact) mass is 330 g/mol. The summed E-state index contributed by atoms with van der Waals surface area (Å²) in [4.78, 5) is 24.3. The van der Waals surface area contributed by atoms with Gasteiger partial charge in [0.2, 0.25) is 5.79 Å². The maximum absolute atomic E-state index is 12.7. The van der Waals surface area contributed by atoms with Crippen LogP contribution in [0.3, 0.4) is 0 Å². The summed E-state index contributed by atoms with van der Waals surface area (Å²) in [6.07, 6.45) is -0.0632. The molecule has 19 heavy (non-hydrogen) atoms. The Morgan fingerprint density at radius 1 is 1.32 bits per heavy atom. The van der Waals surface area contributed by atoms with Crippen LogP contribution in [0.2, 0.25) is 0 Å². The first-order valence-corrected chi connectivity index (χ1v) is 6.97. The molecule has 4 atom stereocenters. The van der Waals surface area contributed by atoms with Crippen LogP contribution in [0, 0.1) is 17.8 Å². The summed E-state index contributed by atoms with van der Waals surface area (Å²) in [6, 6.07) is 0. The fourth-order valence-electron chi connectivity index (χ4n) is 3.76. The Bertz CT molecular complexity index is 493. The number of allylic oxidation sites excluding steroid dienone is 1. The fraction of sp³-hybridized carbons (Fsp3) is 0.692. The minimum atomic E-state index is -1.35. The molecule has 1 saturated heterocycles. The molecule has 2 fully saturated rings. The number of hydrogen-bond acceptors (Lipinski definition) is 5. The Labute approximate surface area is 119 Å². The van der Waals surface area contributed by atoms with E-state index in [1.807, 2.05) is 6.92 Å². The van der Waals surface area contributed by atoms with Gasteiger partial charge in [0.15, 0.2) is 5.78 Å². The Hall–Kier alpha value is -0.720. The maximum atomic E-state index is 12.7. The van der Waals surface area contributed by atoms with Gasteiger partial charge in [-0.15, -0.1) is 0 Å². The van der Waals surface area contributed by atoms with Gasteiger partial charge < -0.3 is 14.2 Å². The zero-order valence-corrected chi connectivity index (χ0v) is 12.5. The SMILES string of the molecule is COC1(OC)C(=O)C2C(C)=C(Br)C1C1OC(=O)CC21. The van der Waals surface area contributed by atoms with E-state index in [4.69, 9.17) is 14.2 Å². The first-order chi connectivity index (χ1) is 8.97. The zero-order chi connectivity index (χ0) is 13.9. The van der Waals surface area contributed by atoms with Crippen molar-refractivity contribution in [1.82, 2.24) is 0 Å². The molecule has 0 aromatic rings. The number of halogens is 1. The molecule has 1 aliphatic heterocycles. The number of carbonyl (C=O) groups excluding carboxylic acids is 2. The van der Waals surface area contributed by atoms with Crippen molar-refractivity contribution in [2.45, 2.75) is 25.2 Å². The number of carbonyl (C=O) groups is 2. The van der Waals surface area contributed by atoms with Gasteiger partial charge in [-0.2, -0.15) is 0 Å². The minimum absolute atomic E-state index is 0.0928. The number of hydrogen-bond donors (Lipinski definition) is 0. The van der Waals surface area contributed by atoms with Crippen molar-refractivity contribution in [3.8, 4) is 0 Å². The molecule has 0 spiro atoms. The molecule has 4 aliphatic rings. The first kappa shape index (κ1) is 13.3. The van der Waals surface area contributed by atoms with E-state index in [1.165, 1.54) is 14.2 Å². The van der Waals surface area contributed by atoms with E-state index in [2.05, 4.69) is 15.9 Å². The van der Waals surface area contributed by atoms with Crippen LogP contribution in [-0.4, -0.2) is 37.9 Å². The second-order valence-corrected chi connectivity index (χ2v) is 6.10. The molecule has 0 aromatic heterocycles. The van der Waals surface area contributed by atoms with Gasteiger partial charge >= 0.3 is 5.97 Å². The van der Waals surface area contributed by atoms with Gasteiger partial charge in [-0.05, 0) is 6.92 Å². The average Bonchev–Trinajstić information content (AvgIpc) is 2.76. The lowest BCUT2D eigenvalue weighted by molar-refractivity contribution is -0.255. The van der Waals surface area contributed by atoms with Crippen LogP contribution in [0.5, 0.6) is 0 Å². The largest absolute Gasteiger partial charge is 0.461 e. The van der Waals surface area contributed by atoms with Crippen molar-refractivity contribution in [2.24, 2.45) is 17.8 Å². The molecule has 0 aromatic carbocycles. The lowest BCUT2D eigenvalue weighted by Gasteiger charge is -2.52. The van der Waals surface area contributed by atoms with Crippen LogP contribution in [0.15, 0.2) is 10.1 Å². The molecule has 3 aliphatic carbocycles. The number of Topliss-reactive ketones (excluding diaryl/α,β-unsaturated/α-hetero) is 1.